The first-order valence-corrected chi connectivity index (χ1v) is 5.73. The Hall–Kier alpha value is -3.03. The third kappa shape index (κ3) is 2.39. The fraction of sp³-hybridized carbons (Fsp3) is 0.0833. The number of nitrogens with zero attached hydrogens (tertiary/aromatic N) is 5. The number of pyridine rings is 1. The molecule has 0 spiro atoms. The van der Waals surface area contributed by atoms with Crippen molar-refractivity contribution in [3.05, 3.63) is 48.0 Å². The van der Waals surface area contributed by atoms with Gasteiger partial charge in [-0.2, -0.15) is 4.80 Å². The second-order valence-electron chi connectivity index (χ2n) is 3.94. The van der Waals surface area contributed by atoms with Crippen LogP contribution >= 0.6 is 0 Å². The molecule has 8 nitrogen and oxygen atoms in total. The first-order chi connectivity index (χ1) is 9.72. The zero-order valence-electron chi connectivity index (χ0n) is 10.2. The SMILES string of the molecule is O=C(O)c1cccc(Cn2nnc(-c3ccco3)n2)n1. The largest absolute Gasteiger partial charge is 0.477 e. The molecule has 0 bridgehead atoms. The molecule has 0 fully saturated rings. The molecular weight excluding hydrogens is 262 g/mol. The van der Waals surface area contributed by atoms with E-state index in [1.165, 1.54) is 17.1 Å². The van der Waals surface area contributed by atoms with Crippen molar-refractivity contribution in [1.82, 2.24) is 25.2 Å². The average molecular weight is 271 g/mol. The Balaban J connectivity index is 1.81. The number of rotatable bonds is 4. The fourth-order valence-corrected chi connectivity index (χ4v) is 1.65. The van der Waals surface area contributed by atoms with E-state index in [9.17, 15) is 4.79 Å². The third-order valence-electron chi connectivity index (χ3n) is 2.52. The highest BCUT2D eigenvalue weighted by Crippen LogP contribution is 2.13. The molecule has 8 heteroatoms. The zero-order valence-corrected chi connectivity index (χ0v) is 10.2. The minimum absolute atomic E-state index is 0.0196. The maximum absolute atomic E-state index is 10.8. The molecule has 0 saturated heterocycles. The van der Waals surface area contributed by atoms with Crippen molar-refractivity contribution in [2.75, 3.05) is 0 Å². The summed E-state index contributed by atoms with van der Waals surface area (Å²) in [6.45, 7) is 0.231. The summed E-state index contributed by atoms with van der Waals surface area (Å²) in [5.74, 6) is -0.192. The zero-order chi connectivity index (χ0) is 13.9. The Morgan fingerprint density at radius 1 is 1.30 bits per heavy atom. The lowest BCUT2D eigenvalue weighted by atomic mass is 10.3. The molecule has 0 unspecified atom stereocenters. The predicted molar refractivity (Wildman–Crippen MR) is 65.8 cm³/mol. The van der Waals surface area contributed by atoms with Crippen LogP contribution in [0.5, 0.6) is 0 Å². The number of hydrogen-bond acceptors (Lipinski definition) is 6. The predicted octanol–water partition coefficient (Wildman–Crippen LogP) is 1.07. The van der Waals surface area contributed by atoms with Crippen molar-refractivity contribution in [2.24, 2.45) is 0 Å². The first-order valence-electron chi connectivity index (χ1n) is 5.73. The van der Waals surface area contributed by atoms with Gasteiger partial charge in [-0.3, -0.25) is 0 Å². The smallest absolute Gasteiger partial charge is 0.354 e. The van der Waals surface area contributed by atoms with Gasteiger partial charge in [-0.25, -0.2) is 9.78 Å². The normalized spacial score (nSPS) is 10.6. The van der Waals surface area contributed by atoms with Gasteiger partial charge in [0, 0.05) is 0 Å². The maximum atomic E-state index is 10.8. The molecule has 1 N–H and O–H groups in total. The molecule has 0 atom stereocenters. The Bertz CT molecular complexity index is 735. The lowest BCUT2D eigenvalue weighted by molar-refractivity contribution is 0.0690. The highest BCUT2D eigenvalue weighted by atomic mass is 16.4. The number of furan rings is 1. The number of aromatic nitrogens is 5. The third-order valence-corrected chi connectivity index (χ3v) is 2.52. The minimum atomic E-state index is -1.07. The van der Waals surface area contributed by atoms with Gasteiger partial charge >= 0.3 is 5.97 Å². The van der Waals surface area contributed by atoms with E-state index in [1.54, 1.807) is 24.3 Å². The van der Waals surface area contributed by atoms with Crippen molar-refractivity contribution >= 4 is 5.97 Å². The highest BCUT2D eigenvalue weighted by Gasteiger charge is 2.10. The molecule has 100 valence electrons. The summed E-state index contributed by atoms with van der Waals surface area (Å²) in [5, 5.41) is 20.7. The number of carbonyl (C=O) groups is 1. The van der Waals surface area contributed by atoms with Crippen LogP contribution in [-0.4, -0.2) is 36.3 Å². The number of carboxylic acid groups (broad SMARTS) is 1. The van der Waals surface area contributed by atoms with Gasteiger partial charge in [0.15, 0.2) is 5.76 Å². The molecule has 0 aromatic carbocycles. The van der Waals surface area contributed by atoms with Crippen molar-refractivity contribution < 1.29 is 14.3 Å². The van der Waals surface area contributed by atoms with Gasteiger partial charge in [0.25, 0.3) is 0 Å². The fourth-order valence-electron chi connectivity index (χ4n) is 1.65. The quantitative estimate of drug-likeness (QED) is 0.756. The van der Waals surface area contributed by atoms with Crippen LogP contribution in [0.2, 0.25) is 0 Å². The van der Waals surface area contributed by atoms with Crippen LogP contribution in [0.25, 0.3) is 11.6 Å². The van der Waals surface area contributed by atoms with E-state index in [0.717, 1.165) is 0 Å². The van der Waals surface area contributed by atoms with E-state index in [1.807, 2.05) is 0 Å². The summed E-state index contributed by atoms with van der Waals surface area (Å²) >= 11 is 0. The monoisotopic (exact) mass is 271 g/mol. The number of aromatic carboxylic acids is 1. The van der Waals surface area contributed by atoms with Gasteiger partial charge in [0.1, 0.15) is 12.2 Å². The Morgan fingerprint density at radius 3 is 2.95 bits per heavy atom. The molecule has 3 aromatic heterocycles. The van der Waals surface area contributed by atoms with Gasteiger partial charge in [0.2, 0.25) is 5.82 Å². The molecule has 0 aliphatic rings. The first kappa shape index (κ1) is 12.0. The molecule has 0 aliphatic carbocycles. The lowest BCUT2D eigenvalue weighted by Gasteiger charge is -2.00. The molecule has 3 rings (SSSR count). The standard InChI is InChI=1S/C12H9N5O3/c18-12(19)9-4-1-3-8(13-9)7-17-15-11(14-16-17)10-5-2-6-20-10/h1-6H,7H2,(H,18,19). The van der Waals surface area contributed by atoms with E-state index < -0.39 is 5.97 Å². The summed E-state index contributed by atoms with van der Waals surface area (Å²) in [7, 11) is 0. The molecule has 3 aromatic rings. The van der Waals surface area contributed by atoms with E-state index in [4.69, 9.17) is 9.52 Å². The van der Waals surface area contributed by atoms with E-state index in [-0.39, 0.29) is 12.2 Å². The number of tetrazole rings is 1. The number of carboxylic acids is 1. The summed E-state index contributed by atoms with van der Waals surface area (Å²) in [4.78, 5) is 16.2. The second-order valence-corrected chi connectivity index (χ2v) is 3.94. The molecule has 3 heterocycles. The minimum Gasteiger partial charge on any atom is -0.477 e. The van der Waals surface area contributed by atoms with Crippen molar-refractivity contribution in [3.8, 4) is 11.6 Å². The van der Waals surface area contributed by atoms with Crippen LogP contribution in [0.15, 0.2) is 41.0 Å². The Labute approximate surface area is 112 Å². The van der Waals surface area contributed by atoms with Gasteiger partial charge in [-0.05, 0) is 29.5 Å². The van der Waals surface area contributed by atoms with Gasteiger partial charge in [-0.1, -0.05) is 6.07 Å². The maximum Gasteiger partial charge on any atom is 0.354 e. The van der Waals surface area contributed by atoms with Gasteiger partial charge < -0.3 is 9.52 Å². The Kier molecular flexibility index (Phi) is 2.96. The summed E-state index contributed by atoms with van der Waals surface area (Å²) in [6.07, 6.45) is 1.52. The molecule has 0 radical (unpaired) electrons. The molecule has 0 amide bonds. The van der Waals surface area contributed by atoms with Crippen molar-refractivity contribution in [3.63, 3.8) is 0 Å². The van der Waals surface area contributed by atoms with Crippen LogP contribution in [0, 0.1) is 0 Å². The molecular formula is C12H9N5O3. The van der Waals surface area contributed by atoms with Crippen LogP contribution in [0.3, 0.4) is 0 Å². The van der Waals surface area contributed by atoms with E-state index in [2.05, 4.69) is 20.4 Å². The van der Waals surface area contributed by atoms with Crippen LogP contribution in [0.4, 0.5) is 0 Å². The Morgan fingerprint density at radius 2 is 2.20 bits per heavy atom. The summed E-state index contributed by atoms with van der Waals surface area (Å²) in [5.41, 5.74) is 0.516. The number of hydrogen-bond donors (Lipinski definition) is 1. The average Bonchev–Trinajstić information content (AvgIpc) is 3.09. The van der Waals surface area contributed by atoms with Crippen LogP contribution in [-0.2, 0) is 6.54 Å². The van der Waals surface area contributed by atoms with E-state index in [0.29, 0.717) is 17.3 Å². The van der Waals surface area contributed by atoms with Crippen molar-refractivity contribution in [1.29, 1.82) is 0 Å². The second kappa shape index (κ2) is 4.92. The van der Waals surface area contributed by atoms with Crippen molar-refractivity contribution in [2.45, 2.75) is 6.54 Å². The van der Waals surface area contributed by atoms with Crippen LogP contribution < -0.4 is 0 Å². The van der Waals surface area contributed by atoms with Gasteiger partial charge in [0.05, 0.1) is 12.0 Å². The lowest BCUT2D eigenvalue weighted by Crippen LogP contribution is -2.08. The highest BCUT2D eigenvalue weighted by molar-refractivity contribution is 5.85. The molecule has 0 aliphatic heterocycles. The molecule has 20 heavy (non-hydrogen) atoms. The molecule has 0 saturated carbocycles. The topological polar surface area (TPSA) is 107 Å². The van der Waals surface area contributed by atoms with E-state index >= 15 is 0 Å². The van der Waals surface area contributed by atoms with Crippen LogP contribution in [0.1, 0.15) is 16.2 Å². The summed E-state index contributed by atoms with van der Waals surface area (Å²) < 4.78 is 5.16. The van der Waals surface area contributed by atoms with Gasteiger partial charge in [-0.15, -0.1) is 10.2 Å². The summed E-state index contributed by atoms with van der Waals surface area (Å²) in [6, 6.07) is 8.20.